The zero-order valence-corrected chi connectivity index (χ0v) is 13.0. The second-order valence-electron chi connectivity index (χ2n) is 4.29. The molecule has 0 saturated heterocycles. The number of likely N-dealkylation sites (N-methyl/N-ethyl adjacent to an activating group) is 1. The maximum atomic E-state index is 4.27. The summed E-state index contributed by atoms with van der Waals surface area (Å²) in [4.78, 5) is 0. The molecule has 0 fully saturated rings. The number of alkyl halides is 1. The Morgan fingerprint density at radius 1 is 1.44 bits per heavy atom. The van der Waals surface area contributed by atoms with Crippen LogP contribution in [0.4, 0.5) is 0 Å². The van der Waals surface area contributed by atoms with E-state index in [0.29, 0.717) is 6.04 Å². The fourth-order valence-electron chi connectivity index (χ4n) is 2.11. The topological polar surface area (TPSA) is 12.0 Å². The summed E-state index contributed by atoms with van der Waals surface area (Å²) in [7, 11) is 0. The Morgan fingerprint density at radius 3 is 3.00 bits per heavy atom. The lowest BCUT2D eigenvalue weighted by Crippen LogP contribution is -2.30. The highest BCUT2D eigenvalue weighted by atomic mass is 79.9. The molecule has 1 unspecified atom stereocenters. The van der Waals surface area contributed by atoms with Crippen molar-refractivity contribution in [1.29, 1.82) is 0 Å². The number of rotatable bonds is 6. The standard InChI is InChI=1S/C15H18BrNS/c1-3-17-14(6-8-16)11(2)13-5-4-12-7-9-18-15(12)10-13/h4-5,7,9-10,14,17H,2-3,6,8H2,1H3. The number of nitrogens with one attached hydrogen (secondary N) is 1. The minimum Gasteiger partial charge on any atom is -0.310 e. The lowest BCUT2D eigenvalue weighted by atomic mass is 9.98. The van der Waals surface area contributed by atoms with E-state index in [1.807, 2.05) is 0 Å². The van der Waals surface area contributed by atoms with Gasteiger partial charge in [-0.15, -0.1) is 11.3 Å². The van der Waals surface area contributed by atoms with Gasteiger partial charge >= 0.3 is 0 Å². The van der Waals surface area contributed by atoms with Gasteiger partial charge in [0.15, 0.2) is 0 Å². The molecule has 0 bridgehead atoms. The average Bonchev–Trinajstić information content (AvgIpc) is 2.84. The quantitative estimate of drug-likeness (QED) is 0.761. The summed E-state index contributed by atoms with van der Waals surface area (Å²) < 4.78 is 1.34. The summed E-state index contributed by atoms with van der Waals surface area (Å²) in [6.07, 6.45) is 1.06. The Bertz CT molecular complexity index is 526. The first-order valence-electron chi connectivity index (χ1n) is 6.22. The number of thiophene rings is 1. The van der Waals surface area contributed by atoms with Crippen molar-refractivity contribution in [1.82, 2.24) is 5.32 Å². The van der Waals surface area contributed by atoms with Crippen LogP contribution in [-0.2, 0) is 0 Å². The number of fused-ring (bicyclic) bond motifs is 1. The number of halogens is 1. The molecule has 0 amide bonds. The molecule has 96 valence electrons. The monoisotopic (exact) mass is 323 g/mol. The Labute approximate surface area is 121 Å². The second-order valence-corrected chi connectivity index (χ2v) is 6.03. The zero-order chi connectivity index (χ0) is 13.0. The summed E-state index contributed by atoms with van der Waals surface area (Å²) in [5.41, 5.74) is 2.43. The van der Waals surface area contributed by atoms with E-state index in [2.05, 4.69) is 64.4 Å². The van der Waals surface area contributed by atoms with Crippen LogP contribution in [0.2, 0.25) is 0 Å². The first-order chi connectivity index (χ1) is 8.76. The minimum atomic E-state index is 0.354. The first-order valence-corrected chi connectivity index (χ1v) is 8.22. The molecule has 18 heavy (non-hydrogen) atoms. The molecule has 0 aliphatic rings. The Morgan fingerprint density at radius 2 is 2.28 bits per heavy atom. The van der Waals surface area contributed by atoms with Crippen molar-refractivity contribution in [3.8, 4) is 0 Å². The van der Waals surface area contributed by atoms with E-state index in [9.17, 15) is 0 Å². The van der Waals surface area contributed by atoms with Gasteiger partial charge in [-0.1, -0.05) is 41.6 Å². The normalized spacial score (nSPS) is 12.8. The maximum Gasteiger partial charge on any atom is 0.0348 e. The summed E-state index contributed by atoms with van der Waals surface area (Å²) in [6.45, 7) is 7.38. The largest absolute Gasteiger partial charge is 0.310 e. The third kappa shape index (κ3) is 3.02. The molecule has 2 aromatic rings. The molecule has 2 rings (SSSR count). The van der Waals surface area contributed by atoms with Crippen LogP contribution in [0.1, 0.15) is 18.9 Å². The van der Waals surface area contributed by atoms with Crippen molar-refractivity contribution in [2.45, 2.75) is 19.4 Å². The highest BCUT2D eigenvalue weighted by molar-refractivity contribution is 9.09. The summed E-state index contributed by atoms with van der Waals surface area (Å²) in [5.74, 6) is 0. The average molecular weight is 324 g/mol. The lowest BCUT2D eigenvalue weighted by Gasteiger charge is -2.20. The number of hydrogen-bond acceptors (Lipinski definition) is 2. The molecular weight excluding hydrogens is 306 g/mol. The van der Waals surface area contributed by atoms with E-state index in [-0.39, 0.29) is 0 Å². The minimum absolute atomic E-state index is 0.354. The molecule has 1 N–H and O–H groups in total. The fraction of sp³-hybridized carbons (Fsp3) is 0.333. The van der Waals surface area contributed by atoms with E-state index in [1.54, 1.807) is 11.3 Å². The van der Waals surface area contributed by atoms with Gasteiger partial charge in [0, 0.05) is 16.1 Å². The predicted octanol–water partition coefficient (Wildman–Crippen LogP) is 4.68. The van der Waals surface area contributed by atoms with Gasteiger partial charge in [-0.25, -0.2) is 0 Å². The predicted molar refractivity (Wildman–Crippen MR) is 86.7 cm³/mol. The van der Waals surface area contributed by atoms with Crippen molar-refractivity contribution in [3.63, 3.8) is 0 Å². The van der Waals surface area contributed by atoms with E-state index < -0.39 is 0 Å². The van der Waals surface area contributed by atoms with Crippen LogP contribution in [0.25, 0.3) is 15.7 Å². The van der Waals surface area contributed by atoms with Crippen molar-refractivity contribution < 1.29 is 0 Å². The highest BCUT2D eigenvalue weighted by Gasteiger charge is 2.12. The SMILES string of the molecule is C=C(c1ccc2ccsc2c1)C(CCBr)NCC. The molecule has 1 atom stereocenters. The number of hydrogen-bond donors (Lipinski definition) is 1. The molecular formula is C15H18BrNS. The molecule has 0 spiro atoms. The van der Waals surface area contributed by atoms with E-state index in [0.717, 1.165) is 18.3 Å². The van der Waals surface area contributed by atoms with Gasteiger partial charge in [-0.3, -0.25) is 0 Å². The van der Waals surface area contributed by atoms with Crippen LogP contribution in [0.3, 0.4) is 0 Å². The molecule has 1 nitrogen and oxygen atoms in total. The van der Waals surface area contributed by atoms with Gasteiger partial charge in [0.1, 0.15) is 0 Å². The second kappa shape index (κ2) is 6.50. The van der Waals surface area contributed by atoms with E-state index in [1.165, 1.54) is 21.2 Å². The summed E-state index contributed by atoms with van der Waals surface area (Å²) >= 11 is 5.30. The maximum absolute atomic E-state index is 4.27. The van der Waals surface area contributed by atoms with E-state index in [4.69, 9.17) is 0 Å². The first kappa shape index (κ1) is 13.8. The van der Waals surface area contributed by atoms with Crippen LogP contribution in [0.5, 0.6) is 0 Å². The molecule has 0 saturated carbocycles. The Kier molecular flexibility index (Phi) is 4.98. The van der Waals surface area contributed by atoms with Gasteiger partial charge in [0.05, 0.1) is 0 Å². The van der Waals surface area contributed by atoms with Crippen LogP contribution < -0.4 is 5.32 Å². The molecule has 1 aromatic heterocycles. The van der Waals surface area contributed by atoms with Gasteiger partial charge in [-0.05, 0) is 47.0 Å². The van der Waals surface area contributed by atoms with Gasteiger partial charge in [0.2, 0.25) is 0 Å². The van der Waals surface area contributed by atoms with Crippen molar-refractivity contribution in [3.05, 3.63) is 41.8 Å². The zero-order valence-electron chi connectivity index (χ0n) is 10.6. The van der Waals surface area contributed by atoms with Crippen LogP contribution in [0, 0.1) is 0 Å². The van der Waals surface area contributed by atoms with Gasteiger partial charge in [0.25, 0.3) is 0 Å². The Balaban J connectivity index is 2.24. The van der Waals surface area contributed by atoms with Crippen molar-refractivity contribution >= 4 is 42.9 Å². The van der Waals surface area contributed by atoms with Crippen LogP contribution in [0.15, 0.2) is 36.2 Å². The van der Waals surface area contributed by atoms with Crippen LogP contribution >= 0.6 is 27.3 Å². The third-order valence-corrected chi connectivity index (χ3v) is 4.43. The molecule has 0 radical (unpaired) electrons. The van der Waals surface area contributed by atoms with Gasteiger partial charge in [-0.2, -0.15) is 0 Å². The third-order valence-electron chi connectivity index (χ3n) is 3.10. The van der Waals surface area contributed by atoms with Gasteiger partial charge < -0.3 is 5.32 Å². The lowest BCUT2D eigenvalue weighted by molar-refractivity contribution is 0.618. The molecule has 0 aliphatic heterocycles. The number of benzene rings is 1. The molecule has 1 aromatic carbocycles. The Hall–Kier alpha value is -0.640. The molecule has 3 heteroatoms. The van der Waals surface area contributed by atoms with Crippen LogP contribution in [-0.4, -0.2) is 17.9 Å². The molecule has 1 heterocycles. The highest BCUT2D eigenvalue weighted by Crippen LogP contribution is 2.27. The summed E-state index contributed by atoms with van der Waals surface area (Å²) in [6, 6.07) is 9.12. The van der Waals surface area contributed by atoms with Crippen molar-refractivity contribution in [2.75, 3.05) is 11.9 Å². The summed E-state index contributed by atoms with van der Waals surface area (Å²) in [5, 5.41) is 7.94. The molecule has 0 aliphatic carbocycles. The fourth-order valence-corrected chi connectivity index (χ4v) is 3.40. The van der Waals surface area contributed by atoms with Crippen molar-refractivity contribution in [2.24, 2.45) is 0 Å². The smallest absolute Gasteiger partial charge is 0.0348 e. The van der Waals surface area contributed by atoms with E-state index >= 15 is 0 Å².